The zero-order valence-electron chi connectivity index (χ0n) is 11.5. The highest BCUT2D eigenvalue weighted by molar-refractivity contribution is 7.98. The molecular formula is C13H14N2O3S3. The van der Waals surface area contributed by atoms with E-state index in [1.165, 1.54) is 22.7 Å². The third-order valence-electron chi connectivity index (χ3n) is 2.57. The van der Waals surface area contributed by atoms with Crippen molar-refractivity contribution in [2.45, 2.75) is 17.1 Å². The number of carboxylic acids is 1. The summed E-state index contributed by atoms with van der Waals surface area (Å²) in [6.07, 6.45) is 0.323. The number of rotatable bonds is 6. The Morgan fingerprint density at radius 1 is 1.33 bits per heavy atom. The van der Waals surface area contributed by atoms with Crippen molar-refractivity contribution in [2.75, 3.05) is 14.1 Å². The molecule has 2 rings (SSSR count). The average Bonchev–Trinajstić information content (AvgIpc) is 3.05. The lowest BCUT2D eigenvalue weighted by atomic mass is 10.4. The monoisotopic (exact) mass is 342 g/mol. The van der Waals surface area contributed by atoms with Crippen LogP contribution in [0.1, 0.15) is 20.4 Å². The topological polar surface area (TPSA) is 70.5 Å². The summed E-state index contributed by atoms with van der Waals surface area (Å²) in [6.45, 7) is 0. The van der Waals surface area contributed by atoms with Crippen molar-refractivity contribution in [3.8, 4) is 0 Å². The number of thiazole rings is 1. The molecule has 0 radical (unpaired) electrons. The molecule has 8 heteroatoms. The first-order valence-corrected chi connectivity index (χ1v) is 8.78. The molecule has 21 heavy (non-hydrogen) atoms. The summed E-state index contributed by atoms with van der Waals surface area (Å²) >= 11 is 4.24. The molecule has 0 saturated heterocycles. The van der Waals surface area contributed by atoms with Crippen LogP contribution >= 0.6 is 34.4 Å². The maximum Gasteiger partial charge on any atom is 0.345 e. The Labute approximate surface area is 134 Å². The lowest BCUT2D eigenvalue weighted by molar-refractivity contribution is -0.127. The number of carbonyl (C=O) groups is 2. The quantitative estimate of drug-likeness (QED) is 0.818. The number of hydrogen-bond acceptors (Lipinski definition) is 6. The number of likely N-dealkylation sites (N-methyl/N-ethyl adjacent to an activating group) is 1. The number of carbonyl (C=O) groups excluding carboxylic acids is 1. The van der Waals surface area contributed by atoms with Gasteiger partial charge in [0.25, 0.3) is 0 Å². The Morgan fingerprint density at radius 3 is 2.71 bits per heavy atom. The molecule has 0 aromatic carbocycles. The predicted octanol–water partition coefficient (Wildman–Crippen LogP) is 2.83. The summed E-state index contributed by atoms with van der Waals surface area (Å²) in [5.41, 5.74) is 0.912. The van der Waals surface area contributed by atoms with Crippen molar-refractivity contribution in [3.05, 3.63) is 32.4 Å². The van der Waals surface area contributed by atoms with Crippen molar-refractivity contribution in [1.29, 1.82) is 0 Å². The molecule has 0 atom stereocenters. The van der Waals surface area contributed by atoms with Gasteiger partial charge in [-0.1, -0.05) is 0 Å². The van der Waals surface area contributed by atoms with Gasteiger partial charge in [0.1, 0.15) is 9.88 Å². The molecule has 0 saturated carbocycles. The second kappa shape index (κ2) is 7.06. The molecule has 0 spiro atoms. The number of aromatic carboxylic acids is 1. The average molecular weight is 342 g/mol. The van der Waals surface area contributed by atoms with Crippen molar-refractivity contribution in [3.63, 3.8) is 0 Å². The number of hydrogen-bond donors (Lipinski definition) is 1. The highest BCUT2D eigenvalue weighted by Crippen LogP contribution is 2.28. The summed E-state index contributed by atoms with van der Waals surface area (Å²) in [4.78, 5) is 29.6. The van der Waals surface area contributed by atoms with Crippen LogP contribution in [0.3, 0.4) is 0 Å². The fourth-order valence-corrected chi connectivity index (χ4v) is 4.10. The molecule has 1 amide bonds. The van der Waals surface area contributed by atoms with Crippen LogP contribution in [0.4, 0.5) is 0 Å². The van der Waals surface area contributed by atoms with Gasteiger partial charge in [-0.25, -0.2) is 9.78 Å². The Hall–Kier alpha value is -1.38. The molecule has 0 fully saturated rings. The van der Waals surface area contributed by atoms with E-state index in [-0.39, 0.29) is 5.91 Å². The first-order valence-electron chi connectivity index (χ1n) is 6.03. The summed E-state index contributed by atoms with van der Waals surface area (Å²) in [6, 6.07) is 1.67. The fourth-order valence-electron chi connectivity index (χ4n) is 1.45. The van der Waals surface area contributed by atoms with Gasteiger partial charge in [0, 0.05) is 35.5 Å². The largest absolute Gasteiger partial charge is 0.477 e. The van der Waals surface area contributed by atoms with E-state index in [4.69, 9.17) is 5.11 Å². The van der Waals surface area contributed by atoms with E-state index in [1.54, 1.807) is 36.8 Å². The van der Waals surface area contributed by atoms with Gasteiger partial charge in [0.2, 0.25) is 5.91 Å². The smallest absolute Gasteiger partial charge is 0.345 e. The zero-order chi connectivity index (χ0) is 15.4. The van der Waals surface area contributed by atoms with Crippen molar-refractivity contribution in [1.82, 2.24) is 9.88 Å². The van der Waals surface area contributed by atoms with Gasteiger partial charge in [-0.05, 0) is 6.07 Å². The molecule has 5 nitrogen and oxygen atoms in total. The minimum Gasteiger partial charge on any atom is -0.477 e. The van der Waals surface area contributed by atoms with Crippen molar-refractivity contribution in [2.24, 2.45) is 0 Å². The second-order valence-electron chi connectivity index (χ2n) is 4.44. The standard InChI is InChI=1S/C13H14N2O3S3/c1-15(2)12(16)4-11-14-8(6-21-11)5-19-9-3-10(13(17)18)20-7-9/h3,6-7H,4-5H2,1-2H3,(H,17,18). The molecule has 0 bridgehead atoms. The lowest BCUT2D eigenvalue weighted by Crippen LogP contribution is -2.23. The Bertz CT molecular complexity index is 649. The van der Waals surface area contributed by atoms with E-state index in [2.05, 4.69) is 4.98 Å². The Morgan fingerprint density at radius 2 is 2.10 bits per heavy atom. The van der Waals surface area contributed by atoms with E-state index in [1.807, 2.05) is 10.8 Å². The Balaban J connectivity index is 1.90. The molecule has 0 unspecified atom stereocenters. The van der Waals surface area contributed by atoms with Crippen molar-refractivity contribution < 1.29 is 14.7 Å². The summed E-state index contributed by atoms with van der Waals surface area (Å²) in [5.74, 6) is -0.194. The number of thioether (sulfide) groups is 1. The van der Waals surface area contributed by atoms with Crippen LogP contribution in [-0.2, 0) is 17.0 Å². The van der Waals surface area contributed by atoms with E-state index in [0.29, 0.717) is 17.1 Å². The first kappa shape index (κ1) is 16.0. The van der Waals surface area contributed by atoms with Crippen LogP contribution in [0.25, 0.3) is 0 Å². The maximum atomic E-state index is 11.6. The van der Waals surface area contributed by atoms with Gasteiger partial charge in [-0.15, -0.1) is 34.4 Å². The maximum absolute atomic E-state index is 11.6. The van der Waals surface area contributed by atoms with Crippen LogP contribution in [0.15, 0.2) is 21.7 Å². The van der Waals surface area contributed by atoms with E-state index in [0.717, 1.165) is 15.6 Å². The van der Waals surface area contributed by atoms with Gasteiger partial charge in [-0.2, -0.15) is 0 Å². The number of nitrogens with zero attached hydrogens (tertiary/aromatic N) is 2. The zero-order valence-corrected chi connectivity index (χ0v) is 14.0. The van der Waals surface area contributed by atoms with Crippen LogP contribution in [0.2, 0.25) is 0 Å². The molecular weight excluding hydrogens is 328 g/mol. The highest BCUT2D eigenvalue weighted by atomic mass is 32.2. The van der Waals surface area contributed by atoms with Crippen LogP contribution in [-0.4, -0.2) is 41.0 Å². The number of aromatic nitrogens is 1. The summed E-state index contributed by atoms with van der Waals surface area (Å²) in [5, 5.41) is 13.4. The number of carboxylic acid groups (broad SMARTS) is 1. The first-order chi connectivity index (χ1) is 9.95. The number of amides is 1. The minimum absolute atomic E-state index is 0.0347. The predicted molar refractivity (Wildman–Crippen MR) is 85.4 cm³/mol. The summed E-state index contributed by atoms with van der Waals surface area (Å²) < 4.78 is 0. The van der Waals surface area contributed by atoms with Gasteiger partial charge in [0.15, 0.2) is 0 Å². The third-order valence-corrected chi connectivity index (χ3v) is 5.55. The molecule has 0 aliphatic heterocycles. The van der Waals surface area contributed by atoms with Gasteiger partial charge in [-0.3, -0.25) is 4.79 Å². The van der Waals surface area contributed by atoms with Crippen LogP contribution < -0.4 is 0 Å². The van der Waals surface area contributed by atoms with E-state index >= 15 is 0 Å². The highest BCUT2D eigenvalue weighted by Gasteiger charge is 2.11. The van der Waals surface area contributed by atoms with Crippen LogP contribution in [0, 0.1) is 0 Å². The van der Waals surface area contributed by atoms with Crippen LogP contribution in [0.5, 0.6) is 0 Å². The van der Waals surface area contributed by atoms with Crippen molar-refractivity contribution >= 4 is 46.3 Å². The summed E-state index contributed by atoms with van der Waals surface area (Å²) in [7, 11) is 3.45. The van der Waals surface area contributed by atoms with Gasteiger partial charge >= 0.3 is 5.97 Å². The molecule has 112 valence electrons. The molecule has 2 aromatic rings. The van der Waals surface area contributed by atoms with E-state index < -0.39 is 5.97 Å². The van der Waals surface area contributed by atoms with Gasteiger partial charge in [0.05, 0.1) is 12.1 Å². The minimum atomic E-state index is -0.898. The molecule has 0 aliphatic rings. The Kier molecular flexibility index (Phi) is 5.38. The fraction of sp³-hybridized carbons (Fsp3) is 0.308. The van der Waals surface area contributed by atoms with Gasteiger partial charge < -0.3 is 10.0 Å². The molecule has 2 heterocycles. The second-order valence-corrected chi connectivity index (χ2v) is 7.34. The van der Waals surface area contributed by atoms with E-state index in [9.17, 15) is 9.59 Å². The normalized spacial score (nSPS) is 10.6. The molecule has 2 aromatic heterocycles. The third kappa shape index (κ3) is 4.55. The lowest BCUT2D eigenvalue weighted by Gasteiger charge is -2.07. The SMILES string of the molecule is CN(C)C(=O)Cc1nc(CSc2csc(C(=O)O)c2)cs1. The molecule has 0 aliphatic carbocycles. The molecule has 1 N–H and O–H groups in total. The number of thiophene rings is 1.